The van der Waals surface area contributed by atoms with Gasteiger partial charge in [0.1, 0.15) is 12.3 Å². The van der Waals surface area contributed by atoms with Gasteiger partial charge in [-0.15, -0.1) is 0 Å². The Kier molecular flexibility index (Phi) is 7.74. The molecule has 0 aromatic heterocycles. The van der Waals surface area contributed by atoms with Crippen LogP contribution in [0.25, 0.3) is 0 Å². The van der Waals surface area contributed by atoms with Crippen molar-refractivity contribution in [3.8, 4) is 0 Å². The van der Waals surface area contributed by atoms with Crippen LogP contribution in [0.1, 0.15) is 67.1 Å². The van der Waals surface area contributed by atoms with E-state index in [1.165, 1.54) is 0 Å². The Balaban J connectivity index is 0.00000151. The van der Waals surface area contributed by atoms with E-state index in [1.54, 1.807) is 11.9 Å². The molecule has 2 unspecified atom stereocenters. The van der Waals surface area contributed by atoms with Crippen molar-refractivity contribution in [2.24, 2.45) is 0 Å². The third kappa shape index (κ3) is 4.24. The Morgan fingerprint density at radius 3 is 2.52 bits per heavy atom. The minimum absolute atomic E-state index is 0.130. The third-order valence-corrected chi connectivity index (χ3v) is 4.52. The van der Waals surface area contributed by atoms with Crippen LogP contribution in [0.3, 0.4) is 0 Å². The molecule has 0 fully saturated rings. The van der Waals surface area contributed by atoms with Gasteiger partial charge in [0.2, 0.25) is 5.91 Å². The van der Waals surface area contributed by atoms with Crippen molar-refractivity contribution in [2.75, 3.05) is 14.2 Å². The largest absolute Gasteiger partial charge is 0.357 e. The quantitative estimate of drug-likeness (QED) is 0.802. The first-order chi connectivity index (χ1) is 11.9. The van der Waals surface area contributed by atoms with Crippen molar-refractivity contribution < 1.29 is 18.8 Å². The van der Waals surface area contributed by atoms with Crippen LogP contribution < -0.4 is 5.32 Å². The number of alkyl halides is 1. The van der Waals surface area contributed by atoms with Gasteiger partial charge in [-0.3, -0.25) is 14.0 Å². The van der Waals surface area contributed by atoms with Crippen LogP contribution in [0.15, 0.2) is 18.2 Å². The van der Waals surface area contributed by atoms with E-state index in [1.807, 2.05) is 25.1 Å². The zero-order valence-electron chi connectivity index (χ0n) is 15.5. The van der Waals surface area contributed by atoms with Gasteiger partial charge in [0.15, 0.2) is 0 Å². The van der Waals surface area contributed by atoms with E-state index >= 15 is 0 Å². The van der Waals surface area contributed by atoms with Crippen LogP contribution in [0.5, 0.6) is 0 Å². The highest BCUT2D eigenvalue weighted by molar-refractivity contribution is 6.02. The summed E-state index contributed by atoms with van der Waals surface area (Å²) in [6.07, 6.45) is 1.37. The van der Waals surface area contributed by atoms with E-state index in [9.17, 15) is 18.8 Å². The Morgan fingerprint density at radius 1 is 1.36 bits per heavy atom. The molecule has 0 bridgehead atoms. The van der Waals surface area contributed by atoms with E-state index in [4.69, 9.17) is 0 Å². The van der Waals surface area contributed by atoms with Crippen LogP contribution in [0.2, 0.25) is 0 Å². The number of halogens is 1. The molecule has 138 valence electrons. The lowest BCUT2D eigenvalue weighted by atomic mass is 9.97. The van der Waals surface area contributed by atoms with Gasteiger partial charge in [0, 0.05) is 19.0 Å². The van der Waals surface area contributed by atoms with Crippen LogP contribution in [0.4, 0.5) is 4.39 Å². The second-order valence-electron chi connectivity index (χ2n) is 6.26. The molecule has 0 aliphatic carbocycles. The summed E-state index contributed by atoms with van der Waals surface area (Å²) in [4.78, 5) is 37.4. The predicted molar refractivity (Wildman–Crippen MR) is 95.3 cm³/mol. The Bertz CT molecular complexity index is 631. The molecule has 1 aliphatic heterocycles. The van der Waals surface area contributed by atoms with Crippen molar-refractivity contribution >= 4 is 18.1 Å². The number of hydrogen-bond donors (Lipinski definition) is 1. The van der Waals surface area contributed by atoms with E-state index in [2.05, 4.69) is 19.2 Å². The molecular weight excluding hydrogens is 323 g/mol. The minimum atomic E-state index is -0.623. The first-order valence-electron chi connectivity index (χ1n) is 8.41. The fraction of sp³-hybridized carbons (Fsp3) is 0.526. The van der Waals surface area contributed by atoms with Gasteiger partial charge < -0.3 is 15.0 Å². The fourth-order valence-corrected chi connectivity index (χ4v) is 3.15. The van der Waals surface area contributed by atoms with Gasteiger partial charge in [-0.25, -0.2) is 0 Å². The van der Waals surface area contributed by atoms with Crippen molar-refractivity contribution in [1.29, 1.82) is 0 Å². The lowest BCUT2D eigenvalue weighted by Crippen LogP contribution is -2.47. The third-order valence-electron chi connectivity index (χ3n) is 4.52. The zero-order valence-corrected chi connectivity index (χ0v) is 15.5. The van der Waals surface area contributed by atoms with Gasteiger partial charge in [-0.1, -0.05) is 26.0 Å². The number of likely N-dealkylation sites (N-methyl/N-ethyl adjacent to an activating group) is 1. The number of aldehydes is 1. The Morgan fingerprint density at radius 2 is 2.00 bits per heavy atom. The number of nitrogens with zero attached hydrogens (tertiary/aromatic N) is 1. The minimum Gasteiger partial charge on any atom is -0.357 e. The monoisotopic (exact) mass is 350 g/mol. The number of carbonyl (C=O) groups is 3. The SMILES string of the molecule is CF.CNC(=O)C(CCC=O)N1C(=O)c2cc(C(C)C)ccc2C1C. The lowest BCUT2D eigenvalue weighted by Gasteiger charge is -2.30. The highest BCUT2D eigenvalue weighted by Crippen LogP contribution is 2.37. The first-order valence-corrected chi connectivity index (χ1v) is 8.41. The maximum absolute atomic E-state index is 12.9. The number of nitrogens with one attached hydrogen (secondary N) is 1. The van der Waals surface area contributed by atoms with Gasteiger partial charge in [0.05, 0.1) is 13.2 Å². The average molecular weight is 350 g/mol. The Hall–Kier alpha value is -2.24. The summed E-state index contributed by atoms with van der Waals surface area (Å²) < 4.78 is 9.50. The standard InChI is InChI=1S/C18H24N2O3.CH3F/c1-11(2)13-7-8-14-12(3)20(18(23)15(14)10-13)16(6-5-9-21)17(22)19-4;1-2/h7-12,16H,5-6H2,1-4H3,(H,19,22);1H3. The van der Waals surface area contributed by atoms with Crippen molar-refractivity contribution in [3.63, 3.8) is 0 Å². The van der Waals surface area contributed by atoms with Crippen LogP contribution in [0, 0.1) is 0 Å². The summed E-state index contributed by atoms with van der Waals surface area (Å²) in [5.74, 6) is -0.0271. The molecule has 2 rings (SSSR count). The van der Waals surface area contributed by atoms with Crippen molar-refractivity contribution in [2.45, 2.75) is 51.6 Å². The second kappa shape index (κ2) is 9.30. The number of rotatable bonds is 6. The van der Waals surface area contributed by atoms with Crippen LogP contribution in [-0.2, 0) is 9.59 Å². The molecule has 5 nitrogen and oxygen atoms in total. The smallest absolute Gasteiger partial charge is 0.255 e. The number of benzene rings is 1. The van der Waals surface area contributed by atoms with Gasteiger partial charge in [0.25, 0.3) is 5.91 Å². The maximum Gasteiger partial charge on any atom is 0.255 e. The maximum atomic E-state index is 12.9. The molecule has 0 radical (unpaired) electrons. The summed E-state index contributed by atoms with van der Waals surface area (Å²) in [6.45, 7) is 6.09. The van der Waals surface area contributed by atoms with Crippen molar-refractivity contribution in [1.82, 2.24) is 10.2 Å². The molecule has 0 spiro atoms. The number of fused-ring (bicyclic) bond motifs is 1. The van der Waals surface area contributed by atoms with Gasteiger partial charge in [-0.05, 0) is 36.5 Å². The first kappa shape index (κ1) is 20.8. The topological polar surface area (TPSA) is 66.5 Å². The molecule has 6 heteroatoms. The second-order valence-corrected chi connectivity index (χ2v) is 6.26. The molecule has 1 aromatic carbocycles. The molecule has 0 saturated carbocycles. The number of amides is 2. The number of carbonyl (C=O) groups excluding carboxylic acids is 3. The molecule has 0 saturated heterocycles. The molecule has 2 atom stereocenters. The number of hydrogen-bond acceptors (Lipinski definition) is 3. The lowest BCUT2D eigenvalue weighted by molar-refractivity contribution is -0.126. The van der Waals surface area contributed by atoms with Gasteiger partial charge >= 0.3 is 0 Å². The molecule has 1 aromatic rings. The van der Waals surface area contributed by atoms with E-state index < -0.39 is 6.04 Å². The zero-order chi connectivity index (χ0) is 19.1. The average Bonchev–Trinajstić information content (AvgIpc) is 2.88. The molecule has 2 amide bonds. The molecule has 1 aliphatic rings. The van der Waals surface area contributed by atoms with Crippen LogP contribution in [-0.4, -0.2) is 43.3 Å². The normalized spacial score (nSPS) is 16.8. The van der Waals surface area contributed by atoms with E-state index in [0.29, 0.717) is 25.1 Å². The Labute approximate surface area is 148 Å². The predicted octanol–water partition coefficient (Wildman–Crippen LogP) is 3.01. The summed E-state index contributed by atoms with van der Waals surface area (Å²) in [7, 11) is 2.05. The highest BCUT2D eigenvalue weighted by atomic mass is 19.1. The molecular formula is C19H27FN2O3. The van der Waals surface area contributed by atoms with Crippen LogP contribution >= 0.6 is 0 Å². The van der Waals surface area contributed by atoms with Gasteiger partial charge in [-0.2, -0.15) is 0 Å². The molecule has 1 heterocycles. The highest BCUT2D eigenvalue weighted by Gasteiger charge is 2.40. The summed E-state index contributed by atoms with van der Waals surface area (Å²) in [5, 5.41) is 2.60. The molecule has 1 N–H and O–H groups in total. The fourth-order valence-electron chi connectivity index (χ4n) is 3.15. The summed E-state index contributed by atoms with van der Waals surface area (Å²) in [6, 6.07) is 5.15. The molecule has 25 heavy (non-hydrogen) atoms. The van der Waals surface area contributed by atoms with E-state index in [-0.39, 0.29) is 24.3 Å². The summed E-state index contributed by atoms with van der Waals surface area (Å²) >= 11 is 0. The summed E-state index contributed by atoms with van der Waals surface area (Å²) in [5.41, 5.74) is 2.72. The van der Waals surface area contributed by atoms with E-state index in [0.717, 1.165) is 17.4 Å². The van der Waals surface area contributed by atoms with Crippen molar-refractivity contribution in [3.05, 3.63) is 34.9 Å².